The zero-order valence-corrected chi connectivity index (χ0v) is 12.7. The second-order valence-electron chi connectivity index (χ2n) is 5.18. The van der Waals surface area contributed by atoms with Gasteiger partial charge in [-0.25, -0.2) is 8.42 Å². The lowest BCUT2D eigenvalue weighted by atomic mass is 10.2. The van der Waals surface area contributed by atoms with E-state index in [1.807, 2.05) is 0 Å². The monoisotopic (exact) mass is 335 g/mol. The summed E-state index contributed by atoms with van der Waals surface area (Å²) in [5.41, 5.74) is 0.328. The number of amides is 1. The molecule has 0 aromatic heterocycles. The first-order valence-electron chi connectivity index (χ1n) is 6.83. The second-order valence-corrected chi connectivity index (χ2v) is 7.39. The normalized spacial score (nSPS) is 21.7. The number of sulfone groups is 1. The Bertz CT molecular complexity index is 643. The smallest absolute Gasteiger partial charge is 0.313 e. The van der Waals surface area contributed by atoms with Gasteiger partial charge in [0.2, 0.25) is 0 Å². The molecule has 2 rings (SSSR count). The number of nitrogens with zero attached hydrogens (tertiary/aromatic N) is 1. The molecule has 1 aromatic carbocycles. The van der Waals surface area contributed by atoms with E-state index in [4.69, 9.17) is 0 Å². The number of carbonyl (C=O) groups is 1. The lowest BCUT2D eigenvalue weighted by Gasteiger charge is -2.08. The van der Waals surface area contributed by atoms with Crippen molar-refractivity contribution in [3.63, 3.8) is 0 Å². The zero-order valence-electron chi connectivity index (χ0n) is 11.9. The summed E-state index contributed by atoms with van der Waals surface area (Å²) in [5.74, 6) is -1.45. The third kappa shape index (κ3) is 3.60. The third-order valence-corrected chi connectivity index (χ3v) is 5.63. The average Bonchev–Trinajstić information content (AvgIpc) is 3.20. The van der Waals surface area contributed by atoms with E-state index >= 15 is 0 Å². The lowest BCUT2D eigenvalue weighted by Crippen LogP contribution is -2.24. The molecule has 4 nitrogen and oxygen atoms in total. The molecule has 1 aliphatic heterocycles. The van der Waals surface area contributed by atoms with E-state index in [1.165, 1.54) is 0 Å². The molecule has 0 N–H and O–H groups in total. The van der Waals surface area contributed by atoms with Crippen molar-refractivity contribution in [1.82, 2.24) is 4.90 Å². The quantitative estimate of drug-likeness (QED) is 0.777. The van der Waals surface area contributed by atoms with Crippen LogP contribution in [0.2, 0.25) is 0 Å². The van der Waals surface area contributed by atoms with E-state index < -0.39 is 45.5 Å². The fraction of sp³-hybridized carbons (Fsp3) is 0.500. The number of hydrogen-bond donors (Lipinski definition) is 0. The number of carbonyl (C=O) groups excluding carboxylic acids is 1. The van der Waals surface area contributed by atoms with E-state index in [-0.39, 0.29) is 0 Å². The van der Waals surface area contributed by atoms with Gasteiger partial charge in [-0.1, -0.05) is 25.1 Å². The minimum absolute atomic E-state index is 0.328. The highest BCUT2D eigenvalue weighted by atomic mass is 32.2. The van der Waals surface area contributed by atoms with Crippen LogP contribution in [0.1, 0.15) is 30.1 Å². The Hall–Kier alpha value is -1.57. The molecule has 8 heteroatoms. The Morgan fingerprint density at radius 3 is 2.32 bits per heavy atom. The van der Waals surface area contributed by atoms with Gasteiger partial charge in [0.05, 0.1) is 18.2 Å². The van der Waals surface area contributed by atoms with Gasteiger partial charge in [-0.05, 0) is 18.6 Å². The molecule has 22 heavy (non-hydrogen) atoms. The second kappa shape index (κ2) is 5.91. The van der Waals surface area contributed by atoms with Crippen LogP contribution in [0.5, 0.6) is 0 Å². The van der Waals surface area contributed by atoms with Crippen LogP contribution in [0.3, 0.4) is 0 Å². The number of hydrogen-bond acceptors (Lipinski definition) is 3. The molecule has 1 heterocycles. The number of halogens is 3. The standard InChI is InChI=1S/C14H16F3NO3S/c1-2-11-13(22(20,21)9-8-14(15,16)17)18(11)12(19)10-6-4-3-5-7-10/h3-7,11,13H,2,8-9H2,1H3/t11?,13-,18?/m1/s1. The maximum Gasteiger partial charge on any atom is 0.390 e. The SMILES string of the molecule is CCC1[C@@H](S(=O)(=O)CCC(F)(F)F)N1C(=O)c1ccccc1. The molecule has 1 amide bonds. The molecule has 0 spiro atoms. The highest BCUT2D eigenvalue weighted by Crippen LogP contribution is 2.38. The predicted octanol–water partition coefficient (Wildman–Crippen LogP) is 2.61. The zero-order chi connectivity index (χ0) is 16.5. The van der Waals surface area contributed by atoms with Gasteiger partial charge in [-0.2, -0.15) is 13.2 Å². The van der Waals surface area contributed by atoms with Crippen molar-refractivity contribution in [2.24, 2.45) is 0 Å². The summed E-state index contributed by atoms with van der Waals surface area (Å²) in [6, 6.07) is 7.55. The molecule has 1 saturated heterocycles. The van der Waals surface area contributed by atoms with Crippen molar-refractivity contribution in [2.75, 3.05) is 5.75 Å². The van der Waals surface area contributed by atoms with Crippen molar-refractivity contribution in [2.45, 2.75) is 37.4 Å². The first kappa shape index (κ1) is 16.8. The molecule has 2 atom stereocenters. The third-order valence-electron chi connectivity index (χ3n) is 3.58. The summed E-state index contributed by atoms with van der Waals surface area (Å²) < 4.78 is 60.8. The van der Waals surface area contributed by atoms with Crippen molar-refractivity contribution in [3.8, 4) is 0 Å². The van der Waals surface area contributed by atoms with E-state index in [2.05, 4.69) is 0 Å². The van der Waals surface area contributed by atoms with Crippen LogP contribution < -0.4 is 0 Å². The van der Waals surface area contributed by atoms with Crippen LogP contribution in [-0.4, -0.2) is 42.6 Å². The summed E-state index contributed by atoms with van der Waals surface area (Å²) in [7, 11) is -4.00. The number of alkyl halides is 3. The molecule has 0 aliphatic carbocycles. The van der Waals surface area contributed by atoms with Crippen LogP contribution in [-0.2, 0) is 9.84 Å². The van der Waals surface area contributed by atoms with Gasteiger partial charge in [0, 0.05) is 5.56 Å². The minimum Gasteiger partial charge on any atom is -0.313 e. The van der Waals surface area contributed by atoms with Crippen LogP contribution >= 0.6 is 0 Å². The Morgan fingerprint density at radius 2 is 1.82 bits per heavy atom. The largest absolute Gasteiger partial charge is 0.390 e. The van der Waals surface area contributed by atoms with Gasteiger partial charge in [-0.15, -0.1) is 0 Å². The fourth-order valence-corrected chi connectivity index (χ4v) is 4.53. The van der Waals surface area contributed by atoms with Crippen LogP contribution in [0.25, 0.3) is 0 Å². The highest BCUT2D eigenvalue weighted by Gasteiger charge is 2.57. The van der Waals surface area contributed by atoms with Crippen LogP contribution in [0.15, 0.2) is 30.3 Å². The molecule has 1 aromatic rings. The van der Waals surface area contributed by atoms with Gasteiger partial charge < -0.3 is 4.90 Å². The van der Waals surface area contributed by atoms with E-state index in [0.29, 0.717) is 12.0 Å². The van der Waals surface area contributed by atoms with Crippen molar-refractivity contribution >= 4 is 15.7 Å². The topological polar surface area (TPSA) is 54.2 Å². The van der Waals surface area contributed by atoms with Crippen molar-refractivity contribution in [3.05, 3.63) is 35.9 Å². The first-order valence-corrected chi connectivity index (χ1v) is 8.55. The first-order chi connectivity index (χ1) is 10.2. The molecule has 1 unspecified atom stereocenters. The average molecular weight is 335 g/mol. The molecule has 122 valence electrons. The van der Waals surface area contributed by atoms with E-state index in [0.717, 1.165) is 4.90 Å². The Morgan fingerprint density at radius 1 is 1.23 bits per heavy atom. The molecule has 0 saturated carbocycles. The van der Waals surface area contributed by atoms with Crippen LogP contribution in [0, 0.1) is 0 Å². The molecule has 1 fully saturated rings. The van der Waals surface area contributed by atoms with E-state index in [1.54, 1.807) is 37.3 Å². The summed E-state index contributed by atoms with van der Waals surface area (Å²) in [6.07, 6.45) is -5.54. The van der Waals surface area contributed by atoms with Crippen molar-refractivity contribution < 1.29 is 26.4 Å². The minimum atomic E-state index is -4.53. The molecule has 1 aliphatic rings. The van der Waals surface area contributed by atoms with Crippen molar-refractivity contribution in [1.29, 1.82) is 0 Å². The van der Waals surface area contributed by atoms with Gasteiger partial charge in [0.15, 0.2) is 15.2 Å². The predicted molar refractivity (Wildman–Crippen MR) is 74.9 cm³/mol. The Kier molecular flexibility index (Phi) is 4.51. The molecule has 0 bridgehead atoms. The lowest BCUT2D eigenvalue weighted by molar-refractivity contribution is -0.129. The van der Waals surface area contributed by atoms with Gasteiger partial charge in [-0.3, -0.25) is 4.79 Å². The summed E-state index contributed by atoms with van der Waals surface area (Å²) >= 11 is 0. The fourth-order valence-electron chi connectivity index (χ4n) is 2.44. The molecule has 0 radical (unpaired) electrons. The number of rotatable bonds is 5. The van der Waals surface area contributed by atoms with Gasteiger partial charge >= 0.3 is 6.18 Å². The van der Waals surface area contributed by atoms with Gasteiger partial charge in [0.1, 0.15) is 0 Å². The van der Waals surface area contributed by atoms with E-state index in [9.17, 15) is 26.4 Å². The highest BCUT2D eigenvalue weighted by molar-refractivity contribution is 7.92. The molecular formula is C14H16F3NO3S. The number of benzene rings is 1. The molecular weight excluding hydrogens is 319 g/mol. The van der Waals surface area contributed by atoms with Crippen LogP contribution in [0.4, 0.5) is 13.2 Å². The van der Waals surface area contributed by atoms with Gasteiger partial charge in [0.25, 0.3) is 5.91 Å². The summed E-state index contributed by atoms with van der Waals surface area (Å²) in [4.78, 5) is 13.4. The maximum absolute atomic E-state index is 12.3. The summed E-state index contributed by atoms with van der Waals surface area (Å²) in [5, 5.41) is -1.15. The maximum atomic E-state index is 12.3. The Balaban J connectivity index is 2.13. The summed E-state index contributed by atoms with van der Waals surface area (Å²) in [6.45, 7) is 1.70. The Labute approximate surface area is 126 Å².